The molecule has 0 saturated carbocycles. The number of rotatable bonds is 9. The number of esters is 1. The first-order chi connectivity index (χ1) is 7.16. The van der Waals surface area contributed by atoms with Gasteiger partial charge in [-0.05, 0) is 31.7 Å². The Morgan fingerprint density at radius 3 is 2.47 bits per heavy atom. The van der Waals surface area contributed by atoms with Gasteiger partial charge in [0, 0.05) is 6.42 Å². The van der Waals surface area contributed by atoms with Gasteiger partial charge in [0.1, 0.15) is 0 Å². The van der Waals surface area contributed by atoms with Crippen LogP contribution in [0, 0.1) is 5.92 Å². The quantitative estimate of drug-likeness (QED) is 0.475. The van der Waals surface area contributed by atoms with E-state index >= 15 is 0 Å². The second-order valence-electron chi connectivity index (χ2n) is 4.36. The maximum atomic E-state index is 11.2. The highest BCUT2D eigenvalue weighted by molar-refractivity contribution is 5.69. The molecule has 0 aromatic carbocycles. The zero-order valence-electron chi connectivity index (χ0n) is 10.1. The summed E-state index contributed by atoms with van der Waals surface area (Å²) in [7, 11) is 0. The molecule has 0 fully saturated rings. The van der Waals surface area contributed by atoms with Gasteiger partial charge in [0.2, 0.25) is 0 Å². The molecule has 3 heteroatoms. The fraction of sp³-hybridized carbons (Fsp3) is 0.917. The van der Waals surface area contributed by atoms with Crippen molar-refractivity contribution in [2.45, 2.75) is 52.4 Å². The fourth-order valence-electron chi connectivity index (χ4n) is 1.25. The number of ether oxygens (including phenoxy) is 1. The van der Waals surface area contributed by atoms with Crippen LogP contribution in [-0.4, -0.2) is 19.1 Å². The molecule has 0 aliphatic carbocycles. The highest BCUT2D eigenvalue weighted by Gasteiger charge is 2.02. The van der Waals surface area contributed by atoms with Gasteiger partial charge in [0.25, 0.3) is 0 Å². The number of carbonyl (C=O) groups is 1. The maximum Gasteiger partial charge on any atom is 0.305 e. The van der Waals surface area contributed by atoms with E-state index in [9.17, 15) is 4.79 Å². The summed E-state index contributed by atoms with van der Waals surface area (Å²) < 4.78 is 5.10. The van der Waals surface area contributed by atoms with Crippen LogP contribution in [0.4, 0.5) is 0 Å². The molecule has 0 rings (SSSR count). The number of hydrogen-bond donors (Lipinski definition) is 1. The monoisotopic (exact) mass is 215 g/mol. The summed E-state index contributed by atoms with van der Waals surface area (Å²) in [6.45, 7) is 5.57. The number of unbranched alkanes of at least 4 members (excludes halogenated alkanes) is 3. The topological polar surface area (TPSA) is 52.3 Å². The van der Waals surface area contributed by atoms with Crippen molar-refractivity contribution in [2.24, 2.45) is 11.7 Å². The van der Waals surface area contributed by atoms with Crippen molar-refractivity contribution in [3.8, 4) is 0 Å². The standard InChI is InChI=1S/C12H25NO2/c1-11(2)8-10-15-12(14)7-5-3-4-6-9-13/h11H,3-10,13H2,1-2H3. The third-order valence-corrected chi connectivity index (χ3v) is 2.29. The summed E-state index contributed by atoms with van der Waals surface area (Å²) in [5.74, 6) is 0.547. The van der Waals surface area contributed by atoms with Gasteiger partial charge in [0.05, 0.1) is 6.61 Å². The van der Waals surface area contributed by atoms with E-state index in [1.165, 1.54) is 0 Å². The molecular formula is C12H25NO2. The Balaban J connectivity index is 3.19. The highest BCUT2D eigenvalue weighted by atomic mass is 16.5. The molecule has 0 aliphatic heterocycles. The normalized spacial score (nSPS) is 10.7. The van der Waals surface area contributed by atoms with Crippen molar-refractivity contribution in [2.75, 3.05) is 13.2 Å². The molecule has 15 heavy (non-hydrogen) atoms. The lowest BCUT2D eigenvalue weighted by atomic mass is 10.1. The number of nitrogens with two attached hydrogens (primary N) is 1. The van der Waals surface area contributed by atoms with E-state index in [2.05, 4.69) is 13.8 Å². The van der Waals surface area contributed by atoms with Gasteiger partial charge >= 0.3 is 5.97 Å². The van der Waals surface area contributed by atoms with Gasteiger partial charge in [-0.2, -0.15) is 0 Å². The van der Waals surface area contributed by atoms with E-state index in [0.717, 1.165) is 38.6 Å². The third-order valence-electron chi connectivity index (χ3n) is 2.29. The van der Waals surface area contributed by atoms with E-state index in [1.54, 1.807) is 0 Å². The van der Waals surface area contributed by atoms with Crippen molar-refractivity contribution in [3.63, 3.8) is 0 Å². The van der Waals surface area contributed by atoms with Gasteiger partial charge in [-0.3, -0.25) is 4.79 Å². The predicted octanol–water partition coefficient (Wildman–Crippen LogP) is 2.48. The molecule has 0 bridgehead atoms. The lowest BCUT2D eigenvalue weighted by Gasteiger charge is -2.06. The van der Waals surface area contributed by atoms with Crippen molar-refractivity contribution in [1.82, 2.24) is 0 Å². The smallest absolute Gasteiger partial charge is 0.305 e. The Labute approximate surface area is 93.4 Å². The Morgan fingerprint density at radius 2 is 1.87 bits per heavy atom. The molecule has 0 heterocycles. The second-order valence-corrected chi connectivity index (χ2v) is 4.36. The van der Waals surface area contributed by atoms with Crippen molar-refractivity contribution >= 4 is 5.97 Å². The zero-order valence-corrected chi connectivity index (χ0v) is 10.1. The highest BCUT2D eigenvalue weighted by Crippen LogP contribution is 2.05. The van der Waals surface area contributed by atoms with E-state index < -0.39 is 0 Å². The zero-order chi connectivity index (χ0) is 11.5. The molecule has 0 aliphatic rings. The van der Waals surface area contributed by atoms with Crippen LogP contribution in [0.3, 0.4) is 0 Å². The van der Waals surface area contributed by atoms with Crippen LogP contribution >= 0.6 is 0 Å². The molecular weight excluding hydrogens is 190 g/mol. The second kappa shape index (κ2) is 9.97. The maximum absolute atomic E-state index is 11.2. The summed E-state index contributed by atoms with van der Waals surface area (Å²) >= 11 is 0. The Bertz CT molecular complexity index is 158. The first-order valence-electron chi connectivity index (χ1n) is 6.02. The van der Waals surface area contributed by atoms with E-state index in [1.807, 2.05) is 0 Å². The summed E-state index contributed by atoms with van der Waals surface area (Å²) in [6.07, 6.45) is 5.71. The molecule has 90 valence electrons. The molecule has 0 saturated heterocycles. The molecule has 0 radical (unpaired) electrons. The lowest BCUT2D eigenvalue weighted by Crippen LogP contribution is -2.07. The van der Waals surface area contributed by atoms with Crippen LogP contribution in [0.15, 0.2) is 0 Å². The van der Waals surface area contributed by atoms with E-state index in [-0.39, 0.29) is 5.97 Å². The Morgan fingerprint density at radius 1 is 1.20 bits per heavy atom. The number of hydrogen-bond acceptors (Lipinski definition) is 3. The van der Waals surface area contributed by atoms with Crippen LogP contribution < -0.4 is 5.73 Å². The van der Waals surface area contributed by atoms with Crippen LogP contribution in [0.2, 0.25) is 0 Å². The summed E-state index contributed by atoms with van der Waals surface area (Å²) in [6, 6.07) is 0. The summed E-state index contributed by atoms with van der Waals surface area (Å²) in [5.41, 5.74) is 5.37. The minimum absolute atomic E-state index is 0.0524. The summed E-state index contributed by atoms with van der Waals surface area (Å²) in [5, 5.41) is 0. The summed E-state index contributed by atoms with van der Waals surface area (Å²) in [4.78, 5) is 11.2. The fourth-order valence-corrected chi connectivity index (χ4v) is 1.25. The molecule has 0 unspecified atom stereocenters. The van der Waals surface area contributed by atoms with Crippen molar-refractivity contribution in [1.29, 1.82) is 0 Å². The molecule has 0 aromatic heterocycles. The first-order valence-corrected chi connectivity index (χ1v) is 6.02. The first kappa shape index (κ1) is 14.4. The lowest BCUT2D eigenvalue weighted by molar-refractivity contribution is -0.144. The Kier molecular flexibility index (Phi) is 9.59. The van der Waals surface area contributed by atoms with Gasteiger partial charge in [-0.1, -0.05) is 26.7 Å². The molecule has 2 N–H and O–H groups in total. The average molecular weight is 215 g/mol. The molecule has 0 amide bonds. The predicted molar refractivity (Wildman–Crippen MR) is 62.6 cm³/mol. The van der Waals surface area contributed by atoms with Crippen LogP contribution in [-0.2, 0) is 9.53 Å². The Hall–Kier alpha value is -0.570. The van der Waals surface area contributed by atoms with Crippen LogP contribution in [0.25, 0.3) is 0 Å². The largest absolute Gasteiger partial charge is 0.466 e. The van der Waals surface area contributed by atoms with Gasteiger partial charge < -0.3 is 10.5 Å². The molecule has 0 spiro atoms. The molecule has 0 atom stereocenters. The van der Waals surface area contributed by atoms with Gasteiger partial charge in [-0.15, -0.1) is 0 Å². The molecule has 3 nitrogen and oxygen atoms in total. The average Bonchev–Trinajstić information content (AvgIpc) is 2.17. The minimum atomic E-state index is -0.0524. The van der Waals surface area contributed by atoms with Crippen molar-refractivity contribution < 1.29 is 9.53 Å². The van der Waals surface area contributed by atoms with Crippen LogP contribution in [0.1, 0.15) is 52.4 Å². The minimum Gasteiger partial charge on any atom is -0.466 e. The van der Waals surface area contributed by atoms with Crippen molar-refractivity contribution in [3.05, 3.63) is 0 Å². The third kappa shape index (κ3) is 11.4. The van der Waals surface area contributed by atoms with Gasteiger partial charge in [-0.25, -0.2) is 0 Å². The van der Waals surface area contributed by atoms with E-state index in [4.69, 9.17) is 10.5 Å². The van der Waals surface area contributed by atoms with Gasteiger partial charge in [0.15, 0.2) is 0 Å². The van der Waals surface area contributed by atoms with E-state index in [0.29, 0.717) is 18.9 Å². The SMILES string of the molecule is CC(C)CCOC(=O)CCCCCCN. The molecule has 0 aromatic rings. The number of carbonyl (C=O) groups excluding carboxylic acids is 1. The van der Waals surface area contributed by atoms with Crippen LogP contribution in [0.5, 0.6) is 0 Å².